The maximum absolute atomic E-state index is 12.8. The molecule has 0 spiro atoms. The van der Waals surface area contributed by atoms with E-state index in [1.54, 1.807) is 6.08 Å². The van der Waals surface area contributed by atoms with E-state index < -0.39 is 5.72 Å². The van der Waals surface area contributed by atoms with Gasteiger partial charge in [0.2, 0.25) is 5.91 Å². The Labute approximate surface area is 137 Å². The summed E-state index contributed by atoms with van der Waals surface area (Å²) in [6.07, 6.45) is 3.47. The number of nitrogens with zero attached hydrogens (tertiary/aromatic N) is 1. The van der Waals surface area contributed by atoms with E-state index in [0.29, 0.717) is 6.61 Å². The highest BCUT2D eigenvalue weighted by atomic mass is 16.5. The molecule has 2 aromatic carbocycles. The van der Waals surface area contributed by atoms with Gasteiger partial charge in [0.1, 0.15) is 5.72 Å². The fourth-order valence-corrected chi connectivity index (χ4v) is 2.95. The number of amides is 1. The van der Waals surface area contributed by atoms with Crippen LogP contribution >= 0.6 is 0 Å². The van der Waals surface area contributed by atoms with Gasteiger partial charge in [-0.15, -0.1) is 0 Å². The van der Waals surface area contributed by atoms with Gasteiger partial charge in [0.05, 0.1) is 12.6 Å². The van der Waals surface area contributed by atoms with Crippen LogP contribution in [-0.2, 0) is 9.53 Å². The van der Waals surface area contributed by atoms with Crippen molar-refractivity contribution in [2.24, 2.45) is 0 Å². The summed E-state index contributed by atoms with van der Waals surface area (Å²) in [6.45, 7) is 4.39. The second-order valence-electron chi connectivity index (χ2n) is 6.14. The Balaban J connectivity index is 1.85. The molecule has 0 aromatic heterocycles. The Bertz CT molecular complexity index is 692. The summed E-state index contributed by atoms with van der Waals surface area (Å²) in [5.74, 6) is -0.0368. The lowest BCUT2D eigenvalue weighted by Crippen LogP contribution is -2.44. The van der Waals surface area contributed by atoms with Crippen molar-refractivity contribution in [3.8, 4) is 0 Å². The molecule has 1 amide bonds. The van der Waals surface area contributed by atoms with Crippen LogP contribution in [0.1, 0.15) is 31.0 Å². The minimum Gasteiger partial charge on any atom is -0.354 e. The molecule has 1 atom stereocenters. The van der Waals surface area contributed by atoms with Crippen LogP contribution in [0.4, 0.5) is 0 Å². The number of benzene rings is 2. The lowest BCUT2D eigenvalue weighted by molar-refractivity contribution is -0.140. The highest BCUT2D eigenvalue weighted by molar-refractivity contribution is 5.92. The first-order chi connectivity index (χ1) is 11.1. The Morgan fingerprint density at radius 1 is 1.09 bits per heavy atom. The number of hydrogen-bond acceptors (Lipinski definition) is 2. The van der Waals surface area contributed by atoms with Crippen LogP contribution in [0.25, 0.3) is 6.08 Å². The van der Waals surface area contributed by atoms with E-state index in [4.69, 9.17) is 4.74 Å². The van der Waals surface area contributed by atoms with Gasteiger partial charge in [0, 0.05) is 6.08 Å². The number of hydrogen-bond donors (Lipinski definition) is 0. The zero-order chi connectivity index (χ0) is 16.3. The quantitative estimate of drug-likeness (QED) is 0.801. The fraction of sp³-hybridized carbons (Fsp3) is 0.250. The molecule has 1 heterocycles. The molecule has 3 nitrogen and oxygen atoms in total. The Morgan fingerprint density at radius 2 is 1.70 bits per heavy atom. The SMILES string of the molecule is CC1(C)OC[C@@H](c2ccccc2)N1C(=O)/C=C/c1ccccc1. The van der Waals surface area contributed by atoms with Gasteiger partial charge in [-0.05, 0) is 31.1 Å². The zero-order valence-electron chi connectivity index (χ0n) is 13.5. The predicted molar refractivity (Wildman–Crippen MR) is 91.5 cm³/mol. The number of rotatable bonds is 3. The van der Waals surface area contributed by atoms with Crippen LogP contribution in [0.2, 0.25) is 0 Å². The second kappa shape index (κ2) is 6.39. The average molecular weight is 307 g/mol. The third-order valence-electron chi connectivity index (χ3n) is 4.13. The van der Waals surface area contributed by atoms with E-state index in [9.17, 15) is 4.79 Å². The molecule has 1 aliphatic rings. The molecule has 0 bridgehead atoms. The van der Waals surface area contributed by atoms with Gasteiger partial charge in [0.25, 0.3) is 0 Å². The van der Waals surface area contributed by atoms with Crippen molar-refractivity contribution in [2.45, 2.75) is 25.6 Å². The summed E-state index contributed by atoms with van der Waals surface area (Å²) in [7, 11) is 0. The number of ether oxygens (including phenoxy) is 1. The first kappa shape index (κ1) is 15.5. The van der Waals surface area contributed by atoms with Crippen molar-refractivity contribution in [1.82, 2.24) is 4.90 Å². The molecule has 3 heteroatoms. The first-order valence-corrected chi connectivity index (χ1v) is 7.83. The molecule has 0 aliphatic carbocycles. The highest BCUT2D eigenvalue weighted by Gasteiger charge is 2.43. The van der Waals surface area contributed by atoms with Gasteiger partial charge in [-0.1, -0.05) is 60.7 Å². The van der Waals surface area contributed by atoms with Gasteiger partial charge in [-0.3, -0.25) is 4.79 Å². The summed E-state index contributed by atoms with van der Waals surface area (Å²) in [4.78, 5) is 14.6. The molecule has 2 aromatic rings. The maximum Gasteiger partial charge on any atom is 0.249 e. The molecule has 1 saturated heterocycles. The molecule has 118 valence electrons. The molecular formula is C20H21NO2. The minimum atomic E-state index is -0.612. The largest absolute Gasteiger partial charge is 0.354 e. The van der Waals surface area contributed by atoms with E-state index in [0.717, 1.165) is 11.1 Å². The van der Waals surface area contributed by atoms with Gasteiger partial charge < -0.3 is 9.64 Å². The van der Waals surface area contributed by atoms with E-state index in [1.165, 1.54) is 0 Å². The van der Waals surface area contributed by atoms with E-state index in [-0.39, 0.29) is 11.9 Å². The molecular weight excluding hydrogens is 286 g/mol. The smallest absolute Gasteiger partial charge is 0.249 e. The summed E-state index contributed by atoms with van der Waals surface area (Å²) in [5, 5.41) is 0. The maximum atomic E-state index is 12.8. The normalized spacial score (nSPS) is 20.1. The Morgan fingerprint density at radius 3 is 2.35 bits per heavy atom. The van der Waals surface area contributed by atoms with Gasteiger partial charge >= 0.3 is 0 Å². The number of carbonyl (C=O) groups is 1. The van der Waals surface area contributed by atoms with Crippen LogP contribution in [-0.4, -0.2) is 23.1 Å². The monoisotopic (exact) mass is 307 g/mol. The lowest BCUT2D eigenvalue weighted by atomic mass is 10.1. The summed E-state index contributed by atoms with van der Waals surface area (Å²) in [5.41, 5.74) is 1.49. The highest BCUT2D eigenvalue weighted by Crippen LogP contribution is 2.36. The van der Waals surface area contributed by atoms with Crippen LogP contribution in [0.3, 0.4) is 0 Å². The fourth-order valence-electron chi connectivity index (χ4n) is 2.95. The third-order valence-corrected chi connectivity index (χ3v) is 4.13. The molecule has 23 heavy (non-hydrogen) atoms. The van der Waals surface area contributed by atoms with Crippen LogP contribution in [0.15, 0.2) is 66.7 Å². The van der Waals surface area contributed by atoms with Crippen molar-refractivity contribution < 1.29 is 9.53 Å². The summed E-state index contributed by atoms with van der Waals surface area (Å²) in [6, 6.07) is 19.8. The molecule has 3 rings (SSSR count). The Hall–Kier alpha value is -2.39. The van der Waals surface area contributed by atoms with E-state index in [1.807, 2.05) is 85.5 Å². The third kappa shape index (κ3) is 3.35. The standard InChI is InChI=1S/C20H21NO2/c1-20(2)21(18(15-23-20)17-11-7-4-8-12-17)19(22)14-13-16-9-5-3-6-10-16/h3-14,18H,15H2,1-2H3/b14-13+/t18-/m0/s1. The molecule has 0 saturated carbocycles. The average Bonchev–Trinajstić information content (AvgIpc) is 2.90. The summed E-state index contributed by atoms with van der Waals surface area (Å²) >= 11 is 0. The molecule has 0 N–H and O–H groups in total. The van der Waals surface area contributed by atoms with Crippen molar-refractivity contribution in [1.29, 1.82) is 0 Å². The molecule has 1 fully saturated rings. The molecule has 0 unspecified atom stereocenters. The van der Waals surface area contributed by atoms with Gasteiger partial charge in [-0.25, -0.2) is 0 Å². The van der Waals surface area contributed by atoms with Gasteiger partial charge in [-0.2, -0.15) is 0 Å². The molecule has 0 radical (unpaired) electrons. The van der Waals surface area contributed by atoms with Crippen LogP contribution in [0, 0.1) is 0 Å². The minimum absolute atomic E-state index is 0.0368. The van der Waals surface area contributed by atoms with Gasteiger partial charge in [0.15, 0.2) is 0 Å². The first-order valence-electron chi connectivity index (χ1n) is 7.83. The van der Waals surface area contributed by atoms with Crippen molar-refractivity contribution >= 4 is 12.0 Å². The Kier molecular flexibility index (Phi) is 4.30. The van der Waals surface area contributed by atoms with E-state index in [2.05, 4.69) is 0 Å². The van der Waals surface area contributed by atoms with Crippen molar-refractivity contribution in [3.63, 3.8) is 0 Å². The topological polar surface area (TPSA) is 29.5 Å². The van der Waals surface area contributed by atoms with Crippen LogP contribution in [0.5, 0.6) is 0 Å². The van der Waals surface area contributed by atoms with Crippen molar-refractivity contribution in [3.05, 3.63) is 77.9 Å². The molecule has 1 aliphatic heterocycles. The predicted octanol–water partition coefficient (Wildman–Crippen LogP) is 4.04. The summed E-state index contributed by atoms with van der Waals surface area (Å²) < 4.78 is 5.86. The second-order valence-corrected chi connectivity index (χ2v) is 6.14. The van der Waals surface area contributed by atoms with Crippen LogP contribution < -0.4 is 0 Å². The van der Waals surface area contributed by atoms with E-state index >= 15 is 0 Å². The lowest BCUT2D eigenvalue weighted by Gasteiger charge is -2.33. The number of carbonyl (C=O) groups excluding carboxylic acids is 1. The zero-order valence-corrected chi connectivity index (χ0v) is 13.5. The van der Waals surface area contributed by atoms with Crippen molar-refractivity contribution in [2.75, 3.05) is 6.61 Å².